The zero-order valence-corrected chi connectivity index (χ0v) is 20.3. The third kappa shape index (κ3) is 6.58. The Morgan fingerprint density at radius 3 is 2.49 bits per heavy atom. The van der Waals surface area contributed by atoms with E-state index in [4.69, 9.17) is 4.74 Å². The van der Waals surface area contributed by atoms with Gasteiger partial charge in [-0.25, -0.2) is 4.79 Å². The van der Waals surface area contributed by atoms with Gasteiger partial charge in [0.25, 0.3) is 0 Å². The van der Waals surface area contributed by atoms with Crippen LogP contribution in [0.5, 0.6) is 5.75 Å². The van der Waals surface area contributed by atoms with Gasteiger partial charge in [-0.05, 0) is 55.8 Å². The molecule has 1 aromatic heterocycles. The highest BCUT2D eigenvalue weighted by Crippen LogP contribution is 2.38. The van der Waals surface area contributed by atoms with E-state index in [1.54, 1.807) is 37.4 Å². The number of alkyl halides is 3. The number of nitrogens with one attached hydrogen (secondary N) is 2. The molecule has 3 aromatic rings. The summed E-state index contributed by atoms with van der Waals surface area (Å²) in [7, 11) is 1.60. The molecule has 0 radical (unpaired) electrons. The number of carbonyl (C=O) groups is 1. The van der Waals surface area contributed by atoms with Gasteiger partial charge in [-0.15, -0.1) is 11.3 Å². The van der Waals surface area contributed by atoms with Crippen LogP contribution in [-0.2, 0) is 6.18 Å². The molecule has 0 unspecified atom stereocenters. The lowest BCUT2D eigenvalue weighted by molar-refractivity contribution is -0.137. The van der Waals surface area contributed by atoms with Gasteiger partial charge in [0.2, 0.25) is 0 Å². The van der Waals surface area contributed by atoms with Gasteiger partial charge in [-0.2, -0.15) is 13.2 Å². The van der Waals surface area contributed by atoms with Crippen molar-refractivity contribution in [2.75, 3.05) is 56.6 Å². The van der Waals surface area contributed by atoms with Crippen molar-refractivity contribution in [2.24, 2.45) is 0 Å². The Morgan fingerprint density at radius 2 is 1.80 bits per heavy atom. The van der Waals surface area contributed by atoms with Crippen molar-refractivity contribution in [3.8, 4) is 5.75 Å². The Bertz CT molecular complexity index is 1130. The second-order valence-electron chi connectivity index (χ2n) is 8.47. The maximum absolute atomic E-state index is 13.0. The van der Waals surface area contributed by atoms with Gasteiger partial charge >= 0.3 is 12.2 Å². The van der Waals surface area contributed by atoms with Gasteiger partial charge in [0.1, 0.15) is 5.75 Å². The fourth-order valence-corrected chi connectivity index (χ4v) is 5.17. The molecule has 2 aromatic carbocycles. The van der Waals surface area contributed by atoms with Crippen LogP contribution in [0.15, 0.2) is 47.8 Å². The molecule has 1 aliphatic heterocycles. The fraction of sp³-hybridized carbons (Fsp3) is 0.400. The predicted molar refractivity (Wildman–Crippen MR) is 135 cm³/mol. The number of rotatable bonds is 8. The van der Waals surface area contributed by atoms with Crippen LogP contribution in [0.1, 0.15) is 18.4 Å². The minimum atomic E-state index is -4.32. The number of benzene rings is 2. The maximum atomic E-state index is 13.0. The molecule has 0 bridgehead atoms. The van der Waals surface area contributed by atoms with Crippen LogP contribution < -0.4 is 20.3 Å². The number of anilines is 2. The first-order valence-electron chi connectivity index (χ1n) is 11.6. The minimum Gasteiger partial charge on any atom is -0.497 e. The van der Waals surface area contributed by atoms with Crippen molar-refractivity contribution in [3.05, 3.63) is 53.4 Å². The molecule has 1 fully saturated rings. The van der Waals surface area contributed by atoms with E-state index in [0.717, 1.165) is 62.4 Å². The fourth-order valence-electron chi connectivity index (χ4n) is 4.16. The van der Waals surface area contributed by atoms with Crippen molar-refractivity contribution in [3.63, 3.8) is 0 Å². The van der Waals surface area contributed by atoms with Crippen LogP contribution in [0.4, 0.5) is 29.3 Å². The minimum absolute atomic E-state index is 0.228. The molecule has 2 heterocycles. The lowest BCUT2D eigenvalue weighted by Gasteiger charge is -2.36. The average molecular weight is 507 g/mol. The monoisotopic (exact) mass is 506 g/mol. The van der Waals surface area contributed by atoms with E-state index in [9.17, 15) is 18.0 Å². The normalized spacial score (nSPS) is 14.8. The number of ether oxygens (including phenoxy) is 1. The summed E-state index contributed by atoms with van der Waals surface area (Å²) in [5.41, 5.74) is 1.13. The second-order valence-corrected chi connectivity index (χ2v) is 9.39. The average Bonchev–Trinajstić information content (AvgIpc) is 3.27. The van der Waals surface area contributed by atoms with Gasteiger partial charge in [0, 0.05) is 53.9 Å². The third-order valence-corrected chi connectivity index (χ3v) is 7.06. The zero-order chi connectivity index (χ0) is 24.8. The number of hydrogen-bond donors (Lipinski definition) is 2. The summed E-state index contributed by atoms with van der Waals surface area (Å²) in [4.78, 5) is 16.7. The van der Waals surface area contributed by atoms with E-state index in [1.807, 2.05) is 5.38 Å². The number of halogens is 3. The van der Waals surface area contributed by atoms with Crippen LogP contribution in [0, 0.1) is 0 Å². The number of piperazine rings is 1. The molecule has 0 atom stereocenters. The second kappa shape index (κ2) is 11.2. The number of unbranched alkanes of at least 4 members (excludes halogenated alkanes) is 1. The molecule has 1 aliphatic rings. The summed E-state index contributed by atoms with van der Waals surface area (Å²) in [6.45, 7) is 5.05. The highest BCUT2D eigenvalue weighted by Gasteiger charge is 2.31. The van der Waals surface area contributed by atoms with Crippen LogP contribution in [0.3, 0.4) is 0 Å². The van der Waals surface area contributed by atoms with Crippen molar-refractivity contribution in [2.45, 2.75) is 19.0 Å². The molecule has 0 spiro atoms. The summed E-state index contributed by atoms with van der Waals surface area (Å²) in [5, 5.41) is 8.52. The highest BCUT2D eigenvalue weighted by atomic mass is 32.1. The van der Waals surface area contributed by atoms with Crippen LogP contribution in [-0.4, -0.2) is 57.3 Å². The zero-order valence-electron chi connectivity index (χ0n) is 19.5. The Kier molecular flexibility index (Phi) is 8.02. The Hall–Kier alpha value is -2.98. The lowest BCUT2D eigenvalue weighted by Crippen LogP contribution is -2.46. The lowest BCUT2D eigenvalue weighted by atomic mass is 10.1. The molecular formula is C25H29F3N4O2S. The summed E-state index contributed by atoms with van der Waals surface area (Å²) in [5.74, 6) is 0.736. The van der Waals surface area contributed by atoms with E-state index in [2.05, 4.69) is 20.4 Å². The number of thiophene rings is 1. The molecule has 0 aliphatic carbocycles. The van der Waals surface area contributed by atoms with Crippen molar-refractivity contribution in [1.29, 1.82) is 0 Å². The standard InChI is InChI=1S/C25H29F3N4O2S/c1-34-20-7-5-19(6-8-20)30-24(33)29-10-2-3-11-31-12-14-32(15-13-31)22-17-35-23-16-18(25(26,27)28)4-9-21(22)23/h4-9,16-17H,2-3,10-15H2,1H3,(H2,29,30,33). The number of urea groups is 1. The molecular weight excluding hydrogens is 477 g/mol. The maximum Gasteiger partial charge on any atom is 0.416 e. The number of fused-ring (bicyclic) bond motifs is 1. The largest absolute Gasteiger partial charge is 0.497 e. The smallest absolute Gasteiger partial charge is 0.416 e. The van der Waals surface area contributed by atoms with Crippen LogP contribution in [0.25, 0.3) is 10.1 Å². The molecule has 188 valence electrons. The number of carbonyl (C=O) groups excluding carboxylic acids is 1. The van der Waals surface area contributed by atoms with Gasteiger partial charge in [0.05, 0.1) is 18.4 Å². The van der Waals surface area contributed by atoms with Gasteiger partial charge in [0.15, 0.2) is 0 Å². The van der Waals surface area contributed by atoms with Crippen molar-refractivity contribution < 1.29 is 22.7 Å². The van der Waals surface area contributed by atoms with Gasteiger partial charge in [-0.3, -0.25) is 4.90 Å². The van der Waals surface area contributed by atoms with Crippen LogP contribution >= 0.6 is 11.3 Å². The highest BCUT2D eigenvalue weighted by molar-refractivity contribution is 7.17. The number of amides is 2. The quantitative estimate of drug-likeness (QED) is 0.388. The number of nitrogens with zero attached hydrogens (tertiary/aromatic N) is 2. The predicted octanol–water partition coefficient (Wildman–Crippen LogP) is 5.65. The Morgan fingerprint density at radius 1 is 1.06 bits per heavy atom. The molecule has 35 heavy (non-hydrogen) atoms. The summed E-state index contributed by atoms with van der Waals surface area (Å²) in [6, 6.07) is 10.9. The van der Waals surface area contributed by atoms with E-state index < -0.39 is 11.7 Å². The first-order chi connectivity index (χ1) is 16.8. The molecule has 0 saturated carbocycles. The first-order valence-corrected chi connectivity index (χ1v) is 12.5. The molecule has 2 N–H and O–H groups in total. The molecule has 2 amide bonds. The van der Waals surface area contributed by atoms with E-state index in [-0.39, 0.29) is 6.03 Å². The summed E-state index contributed by atoms with van der Waals surface area (Å²) in [6.07, 6.45) is -2.46. The number of hydrogen-bond acceptors (Lipinski definition) is 5. The number of methoxy groups -OCH3 is 1. The van der Waals surface area contributed by atoms with E-state index >= 15 is 0 Å². The van der Waals surface area contributed by atoms with Gasteiger partial charge in [-0.1, -0.05) is 6.07 Å². The first kappa shape index (κ1) is 25.1. The topological polar surface area (TPSA) is 56.8 Å². The summed E-state index contributed by atoms with van der Waals surface area (Å²) < 4.78 is 44.7. The van der Waals surface area contributed by atoms with Crippen LogP contribution in [0.2, 0.25) is 0 Å². The summed E-state index contributed by atoms with van der Waals surface area (Å²) >= 11 is 1.36. The van der Waals surface area contributed by atoms with Crippen molar-refractivity contribution in [1.82, 2.24) is 10.2 Å². The van der Waals surface area contributed by atoms with Crippen molar-refractivity contribution >= 4 is 38.8 Å². The molecule has 6 nitrogen and oxygen atoms in total. The van der Waals surface area contributed by atoms with Gasteiger partial charge < -0.3 is 20.3 Å². The third-order valence-electron chi connectivity index (χ3n) is 6.13. The molecule has 10 heteroatoms. The van der Waals surface area contributed by atoms with E-state index in [0.29, 0.717) is 16.9 Å². The van der Waals surface area contributed by atoms with E-state index in [1.165, 1.54) is 23.5 Å². The SMILES string of the molecule is COc1ccc(NC(=O)NCCCCN2CCN(c3csc4cc(C(F)(F)F)ccc34)CC2)cc1. The Balaban J connectivity index is 1.15. The molecule has 4 rings (SSSR count). The Labute approximate surface area is 206 Å². The molecule has 1 saturated heterocycles.